The molecule has 2 aromatic carbocycles. The highest BCUT2D eigenvalue weighted by atomic mass is 32.8. The Morgan fingerprint density at radius 1 is 1.25 bits per heavy atom. The van der Waals surface area contributed by atoms with E-state index >= 15 is 0 Å². The SMILES string of the molecule is CCc1ccc2ccccc2c1S(=O)(O)=S. The number of aryl methyl sites for hydroxylation is 1. The van der Waals surface area contributed by atoms with Crippen LogP contribution in [0.4, 0.5) is 0 Å². The number of hydrogen-bond acceptors (Lipinski definition) is 2. The van der Waals surface area contributed by atoms with E-state index in [1.54, 1.807) is 0 Å². The molecular formula is C12H12O2S2. The molecule has 1 unspecified atom stereocenters. The van der Waals surface area contributed by atoms with Crippen molar-refractivity contribution in [2.24, 2.45) is 0 Å². The predicted molar refractivity (Wildman–Crippen MR) is 69.7 cm³/mol. The molecule has 0 aliphatic rings. The summed E-state index contributed by atoms with van der Waals surface area (Å²) in [5, 5.41) is 1.73. The number of benzene rings is 2. The molecule has 0 bridgehead atoms. The third kappa shape index (κ3) is 1.96. The van der Waals surface area contributed by atoms with E-state index in [-0.39, 0.29) is 0 Å². The average Bonchev–Trinajstić information content (AvgIpc) is 2.26. The second-order valence-corrected chi connectivity index (χ2v) is 6.32. The first-order chi connectivity index (χ1) is 7.54. The molecule has 84 valence electrons. The van der Waals surface area contributed by atoms with Gasteiger partial charge in [-0.1, -0.05) is 43.3 Å². The summed E-state index contributed by atoms with van der Waals surface area (Å²) >= 11 is 4.72. The maximum Gasteiger partial charge on any atom is 0.171 e. The zero-order valence-electron chi connectivity index (χ0n) is 8.84. The number of rotatable bonds is 2. The van der Waals surface area contributed by atoms with Crippen molar-refractivity contribution >= 4 is 30.7 Å². The molecule has 1 N–H and O–H groups in total. The Balaban J connectivity index is 2.95. The third-order valence-electron chi connectivity index (χ3n) is 2.60. The lowest BCUT2D eigenvalue weighted by Gasteiger charge is -2.10. The van der Waals surface area contributed by atoms with Gasteiger partial charge in [-0.2, -0.15) is 0 Å². The summed E-state index contributed by atoms with van der Waals surface area (Å²) in [4.78, 5) is 0.406. The molecule has 0 radical (unpaired) electrons. The van der Waals surface area contributed by atoms with Gasteiger partial charge in [0.05, 0.1) is 4.90 Å². The standard InChI is InChI=1S/C12H12O2S2/c1-2-9-7-8-10-5-3-4-6-11(10)12(9)16(13,14)15/h3-8H,2H2,1H3,(H,13,14,15). The molecule has 0 saturated carbocycles. The Labute approximate surface area is 99.8 Å². The lowest BCUT2D eigenvalue weighted by molar-refractivity contribution is 0.561. The van der Waals surface area contributed by atoms with E-state index in [9.17, 15) is 8.76 Å². The molecule has 4 heteroatoms. The molecule has 0 fully saturated rings. The highest BCUT2D eigenvalue weighted by molar-refractivity contribution is 8.29. The average molecular weight is 252 g/mol. The van der Waals surface area contributed by atoms with Crippen LogP contribution >= 0.6 is 0 Å². The lowest BCUT2D eigenvalue weighted by Crippen LogP contribution is -2.02. The molecule has 2 nitrogen and oxygen atoms in total. The Morgan fingerprint density at radius 3 is 2.56 bits per heavy atom. The molecule has 0 aromatic heterocycles. The van der Waals surface area contributed by atoms with Crippen LogP contribution in [0.5, 0.6) is 0 Å². The van der Waals surface area contributed by atoms with Crippen LogP contribution in [-0.4, -0.2) is 8.76 Å². The molecule has 0 aliphatic carbocycles. The van der Waals surface area contributed by atoms with E-state index in [1.807, 2.05) is 43.3 Å². The van der Waals surface area contributed by atoms with Crippen LogP contribution in [0.1, 0.15) is 12.5 Å². The summed E-state index contributed by atoms with van der Waals surface area (Å²) in [6.45, 7) is 1.95. The fraction of sp³-hybridized carbons (Fsp3) is 0.167. The number of hydrogen-bond donors (Lipinski definition) is 1. The Hall–Kier alpha value is -0.970. The van der Waals surface area contributed by atoms with Crippen LogP contribution in [-0.2, 0) is 26.4 Å². The summed E-state index contributed by atoms with van der Waals surface area (Å²) < 4.78 is 21.4. The van der Waals surface area contributed by atoms with Gasteiger partial charge in [0.2, 0.25) is 0 Å². The van der Waals surface area contributed by atoms with Gasteiger partial charge in [-0.25, -0.2) is 4.21 Å². The molecular weight excluding hydrogens is 240 g/mol. The molecule has 16 heavy (non-hydrogen) atoms. The fourth-order valence-corrected chi connectivity index (χ4v) is 3.47. The number of fused-ring (bicyclic) bond motifs is 1. The van der Waals surface area contributed by atoms with Crippen molar-refractivity contribution in [3.8, 4) is 0 Å². The van der Waals surface area contributed by atoms with Crippen LogP contribution in [0.2, 0.25) is 0 Å². The zero-order valence-corrected chi connectivity index (χ0v) is 10.5. The van der Waals surface area contributed by atoms with Crippen LogP contribution in [0.25, 0.3) is 10.8 Å². The minimum atomic E-state index is -3.34. The molecule has 1 atom stereocenters. The van der Waals surface area contributed by atoms with E-state index in [2.05, 4.69) is 0 Å². The topological polar surface area (TPSA) is 37.3 Å². The molecule has 0 amide bonds. The van der Waals surface area contributed by atoms with E-state index in [0.717, 1.165) is 16.3 Å². The van der Waals surface area contributed by atoms with Gasteiger partial charge < -0.3 is 4.55 Å². The smallest absolute Gasteiger partial charge is 0.171 e. The van der Waals surface area contributed by atoms with Gasteiger partial charge >= 0.3 is 0 Å². The van der Waals surface area contributed by atoms with E-state index in [0.29, 0.717) is 11.3 Å². The van der Waals surface area contributed by atoms with Crippen LogP contribution in [0.15, 0.2) is 41.3 Å². The maximum atomic E-state index is 11.8. The van der Waals surface area contributed by atoms with Gasteiger partial charge in [-0.15, -0.1) is 0 Å². The summed E-state index contributed by atoms with van der Waals surface area (Å²) in [7, 11) is -3.34. The molecule has 0 heterocycles. The van der Waals surface area contributed by atoms with Crippen molar-refractivity contribution in [3.63, 3.8) is 0 Å². The first kappa shape index (κ1) is 11.5. The summed E-state index contributed by atoms with van der Waals surface area (Å²) in [6, 6.07) is 11.3. The maximum absolute atomic E-state index is 11.8. The minimum absolute atomic E-state index is 0.406. The molecule has 0 spiro atoms. The van der Waals surface area contributed by atoms with Gasteiger partial charge in [0.25, 0.3) is 0 Å². The molecule has 0 aliphatic heterocycles. The van der Waals surface area contributed by atoms with E-state index < -0.39 is 8.77 Å². The van der Waals surface area contributed by atoms with Crippen molar-refractivity contribution in [2.45, 2.75) is 18.2 Å². The second kappa shape index (κ2) is 4.13. The quantitative estimate of drug-likeness (QED) is 0.892. The Bertz CT molecular complexity index is 631. The second-order valence-electron chi connectivity index (χ2n) is 3.60. The van der Waals surface area contributed by atoms with Crippen molar-refractivity contribution in [1.82, 2.24) is 0 Å². The normalized spacial score (nSPS) is 14.9. The van der Waals surface area contributed by atoms with Crippen molar-refractivity contribution in [3.05, 3.63) is 42.0 Å². The lowest BCUT2D eigenvalue weighted by atomic mass is 10.1. The predicted octanol–water partition coefficient (Wildman–Crippen LogP) is 2.98. The highest BCUT2D eigenvalue weighted by Crippen LogP contribution is 2.27. The van der Waals surface area contributed by atoms with Crippen molar-refractivity contribution < 1.29 is 8.76 Å². The van der Waals surface area contributed by atoms with Gasteiger partial charge in [0.15, 0.2) is 8.77 Å². The van der Waals surface area contributed by atoms with Gasteiger partial charge in [-0.3, -0.25) is 0 Å². The highest BCUT2D eigenvalue weighted by Gasteiger charge is 2.14. The summed E-state index contributed by atoms with van der Waals surface area (Å²) in [5.41, 5.74) is 0.848. The van der Waals surface area contributed by atoms with Crippen molar-refractivity contribution in [1.29, 1.82) is 0 Å². The van der Waals surface area contributed by atoms with E-state index in [4.69, 9.17) is 11.2 Å². The summed E-state index contributed by atoms with van der Waals surface area (Å²) in [6.07, 6.45) is 0.703. The molecule has 2 rings (SSSR count). The summed E-state index contributed by atoms with van der Waals surface area (Å²) in [5.74, 6) is 0. The van der Waals surface area contributed by atoms with Gasteiger partial charge in [0.1, 0.15) is 0 Å². The first-order valence-corrected chi connectivity index (χ1v) is 7.46. The fourth-order valence-electron chi connectivity index (χ4n) is 1.87. The molecule has 0 saturated heterocycles. The minimum Gasteiger partial charge on any atom is -0.302 e. The van der Waals surface area contributed by atoms with Gasteiger partial charge in [0, 0.05) is 16.6 Å². The Kier molecular flexibility index (Phi) is 2.97. The van der Waals surface area contributed by atoms with Crippen LogP contribution < -0.4 is 0 Å². The Morgan fingerprint density at radius 2 is 1.94 bits per heavy atom. The van der Waals surface area contributed by atoms with Crippen LogP contribution in [0, 0.1) is 0 Å². The third-order valence-corrected chi connectivity index (χ3v) is 4.10. The zero-order chi connectivity index (χ0) is 11.8. The first-order valence-electron chi connectivity index (χ1n) is 5.02. The van der Waals surface area contributed by atoms with Crippen LogP contribution in [0.3, 0.4) is 0 Å². The molecule has 2 aromatic rings. The van der Waals surface area contributed by atoms with Gasteiger partial charge in [-0.05, 0) is 17.4 Å². The van der Waals surface area contributed by atoms with Crippen molar-refractivity contribution in [2.75, 3.05) is 0 Å². The monoisotopic (exact) mass is 252 g/mol. The largest absolute Gasteiger partial charge is 0.302 e. The van der Waals surface area contributed by atoms with E-state index in [1.165, 1.54) is 0 Å².